The summed E-state index contributed by atoms with van der Waals surface area (Å²) in [5.41, 5.74) is 0.723. The van der Waals surface area contributed by atoms with Crippen molar-refractivity contribution in [3.63, 3.8) is 0 Å². The van der Waals surface area contributed by atoms with Crippen LogP contribution in [0.4, 0.5) is 0 Å². The normalized spacial score (nSPS) is 17.9. The lowest BCUT2D eigenvalue weighted by molar-refractivity contribution is 0.0953. The molecule has 0 aliphatic carbocycles. The molecule has 5 nitrogen and oxygen atoms in total. The summed E-state index contributed by atoms with van der Waals surface area (Å²) in [6.45, 7) is 3.46. The zero-order chi connectivity index (χ0) is 18.6. The van der Waals surface area contributed by atoms with Gasteiger partial charge in [-0.15, -0.1) is 21.5 Å². The maximum absolute atomic E-state index is 12.7. The fourth-order valence-electron chi connectivity index (χ4n) is 3.17. The van der Waals surface area contributed by atoms with Crippen LogP contribution in [0.5, 0.6) is 0 Å². The molecule has 1 aromatic carbocycles. The number of Topliss-reactive ketones (excluding diaryl/α,β-unsaturated/α-hetero) is 1. The Hall–Kier alpha value is -1.96. The van der Waals surface area contributed by atoms with Gasteiger partial charge in [0, 0.05) is 12.2 Å². The summed E-state index contributed by atoms with van der Waals surface area (Å²) < 4.78 is 7.94. The first-order valence-electron chi connectivity index (χ1n) is 9.07. The Kier molecular flexibility index (Phi) is 5.71. The summed E-state index contributed by atoms with van der Waals surface area (Å²) in [5.74, 6) is 0.951. The smallest absolute Gasteiger partial charge is 0.192 e. The number of carbonyl (C=O) groups excluding carboxylic acids is 1. The van der Waals surface area contributed by atoms with Crippen LogP contribution in [0.15, 0.2) is 53.0 Å². The third-order valence-corrected chi connectivity index (χ3v) is 6.52. The first-order chi connectivity index (χ1) is 13.2. The van der Waals surface area contributed by atoms with Crippen LogP contribution in [0.2, 0.25) is 0 Å². The topological polar surface area (TPSA) is 57.0 Å². The lowest BCUT2D eigenvalue weighted by atomic mass is 10.1. The van der Waals surface area contributed by atoms with Crippen LogP contribution >= 0.6 is 23.1 Å². The van der Waals surface area contributed by atoms with Gasteiger partial charge in [0.05, 0.1) is 22.8 Å². The molecule has 3 heterocycles. The third-order valence-electron chi connectivity index (χ3n) is 4.58. The first kappa shape index (κ1) is 18.4. The van der Waals surface area contributed by atoms with E-state index in [2.05, 4.69) is 14.8 Å². The van der Waals surface area contributed by atoms with Gasteiger partial charge in [-0.25, -0.2) is 0 Å². The molecule has 1 fully saturated rings. The number of ether oxygens (including phenoxy) is 1. The van der Waals surface area contributed by atoms with Crippen LogP contribution in [0, 0.1) is 0 Å². The number of hydrogen-bond acceptors (Lipinski definition) is 6. The van der Waals surface area contributed by atoms with E-state index in [0.717, 1.165) is 47.4 Å². The molecule has 4 rings (SSSR count). The quantitative estimate of drug-likeness (QED) is 0.431. The van der Waals surface area contributed by atoms with Crippen molar-refractivity contribution < 1.29 is 9.53 Å². The van der Waals surface area contributed by atoms with E-state index in [1.165, 1.54) is 11.8 Å². The van der Waals surface area contributed by atoms with E-state index >= 15 is 0 Å². The van der Waals surface area contributed by atoms with Gasteiger partial charge in [0.1, 0.15) is 0 Å². The molecule has 3 aromatic rings. The molecule has 0 saturated carbocycles. The maximum atomic E-state index is 12.7. The number of nitrogens with zero attached hydrogens (tertiary/aromatic N) is 3. The van der Waals surface area contributed by atoms with Gasteiger partial charge >= 0.3 is 0 Å². The van der Waals surface area contributed by atoms with Crippen LogP contribution in [-0.2, 0) is 11.3 Å². The van der Waals surface area contributed by atoms with E-state index in [1.54, 1.807) is 11.3 Å². The van der Waals surface area contributed by atoms with Gasteiger partial charge in [-0.3, -0.25) is 9.36 Å². The third kappa shape index (κ3) is 4.15. The number of aromatic nitrogens is 3. The minimum atomic E-state index is -0.240. The first-order valence-corrected chi connectivity index (χ1v) is 10.8. The Morgan fingerprint density at radius 3 is 2.85 bits per heavy atom. The molecule has 2 aromatic heterocycles. The van der Waals surface area contributed by atoms with E-state index in [0.29, 0.717) is 0 Å². The highest BCUT2D eigenvalue weighted by Gasteiger charge is 2.25. The Morgan fingerprint density at radius 2 is 2.15 bits per heavy atom. The Morgan fingerprint density at radius 1 is 1.30 bits per heavy atom. The van der Waals surface area contributed by atoms with E-state index in [9.17, 15) is 4.79 Å². The molecule has 0 amide bonds. The largest absolute Gasteiger partial charge is 0.376 e. The second-order valence-electron chi connectivity index (χ2n) is 6.52. The molecule has 1 aliphatic rings. The molecule has 27 heavy (non-hydrogen) atoms. The molecule has 1 saturated heterocycles. The van der Waals surface area contributed by atoms with Crippen LogP contribution in [0.1, 0.15) is 30.1 Å². The molecule has 2 atom stereocenters. The van der Waals surface area contributed by atoms with Crippen LogP contribution in [-0.4, -0.2) is 38.5 Å². The molecule has 7 heteroatoms. The molecule has 1 aliphatic heterocycles. The maximum Gasteiger partial charge on any atom is 0.192 e. The van der Waals surface area contributed by atoms with Crippen LogP contribution in [0.25, 0.3) is 10.7 Å². The molecule has 2 unspecified atom stereocenters. The summed E-state index contributed by atoms with van der Waals surface area (Å²) in [6.07, 6.45) is 2.32. The molecule has 0 radical (unpaired) electrons. The van der Waals surface area contributed by atoms with Crippen molar-refractivity contribution in [1.29, 1.82) is 0 Å². The van der Waals surface area contributed by atoms with Crippen molar-refractivity contribution in [2.24, 2.45) is 0 Å². The standard InChI is InChI=1S/C20H21N3O2S2/c1-14(18(24)15-7-3-2-4-8-15)27-20-22-21-19(17-10-6-12-26-17)23(20)13-16-9-5-11-25-16/h2-4,6-8,10,12,14,16H,5,9,11,13H2,1H3. The second-order valence-corrected chi connectivity index (χ2v) is 8.78. The summed E-state index contributed by atoms with van der Waals surface area (Å²) in [6, 6.07) is 13.5. The van der Waals surface area contributed by atoms with Gasteiger partial charge < -0.3 is 4.74 Å². The average Bonchev–Trinajstić information content (AvgIpc) is 3.45. The zero-order valence-corrected chi connectivity index (χ0v) is 16.7. The van der Waals surface area contributed by atoms with Gasteiger partial charge in [0.25, 0.3) is 0 Å². The number of thioether (sulfide) groups is 1. The van der Waals surface area contributed by atoms with Crippen LogP contribution in [0.3, 0.4) is 0 Å². The van der Waals surface area contributed by atoms with E-state index < -0.39 is 0 Å². The number of carbonyl (C=O) groups is 1. The van der Waals surface area contributed by atoms with Gasteiger partial charge in [0.15, 0.2) is 16.8 Å². The Balaban J connectivity index is 1.58. The Bertz CT molecular complexity index is 887. The summed E-state index contributed by atoms with van der Waals surface area (Å²) in [5, 5.41) is 11.4. The number of ketones is 1. The second kappa shape index (κ2) is 8.37. The van der Waals surface area contributed by atoms with Crippen molar-refractivity contribution in [3.8, 4) is 10.7 Å². The van der Waals surface area contributed by atoms with Crippen molar-refractivity contribution in [3.05, 3.63) is 53.4 Å². The fourth-order valence-corrected chi connectivity index (χ4v) is 4.82. The fraction of sp³-hybridized carbons (Fsp3) is 0.350. The molecule has 0 spiro atoms. The van der Waals surface area contributed by atoms with Crippen molar-refractivity contribution in [2.45, 2.75) is 42.8 Å². The van der Waals surface area contributed by atoms with E-state index in [-0.39, 0.29) is 17.1 Å². The molecule has 0 bridgehead atoms. The SMILES string of the molecule is CC(Sc1nnc(-c2cccs2)n1CC1CCCO1)C(=O)c1ccccc1. The van der Waals surface area contributed by atoms with E-state index in [4.69, 9.17) is 4.74 Å². The van der Waals surface area contributed by atoms with Gasteiger partial charge in [0.2, 0.25) is 0 Å². The molecule has 0 N–H and O–H groups in total. The number of benzene rings is 1. The van der Waals surface area contributed by atoms with Crippen molar-refractivity contribution in [2.75, 3.05) is 6.61 Å². The summed E-state index contributed by atoms with van der Waals surface area (Å²) >= 11 is 3.11. The van der Waals surface area contributed by atoms with Gasteiger partial charge in [-0.2, -0.15) is 0 Å². The number of hydrogen-bond donors (Lipinski definition) is 0. The molecular weight excluding hydrogens is 378 g/mol. The highest BCUT2D eigenvalue weighted by Crippen LogP contribution is 2.31. The monoisotopic (exact) mass is 399 g/mol. The minimum Gasteiger partial charge on any atom is -0.376 e. The predicted octanol–water partition coefficient (Wildman–Crippen LogP) is 4.55. The lowest BCUT2D eigenvalue weighted by Crippen LogP contribution is -2.18. The lowest BCUT2D eigenvalue weighted by Gasteiger charge is -2.16. The van der Waals surface area contributed by atoms with Crippen molar-refractivity contribution in [1.82, 2.24) is 14.8 Å². The molecule has 140 valence electrons. The predicted molar refractivity (Wildman–Crippen MR) is 108 cm³/mol. The van der Waals surface area contributed by atoms with Crippen LogP contribution < -0.4 is 0 Å². The summed E-state index contributed by atoms with van der Waals surface area (Å²) in [4.78, 5) is 13.8. The Labute approximate surface area is 166 Å². The number of rotatable bonds is 7. The number of thiophene rings is 1. The van der Waals surface area contributed by atoms with Crippen molar-refractivity contribution >= 4 is 28.9 Å². The zero-order valence-electron chi connectivity index (χ0n) is 15.1. The minimum absolute atomic E-state index is 0.102. The van der Waals surface area contributed by atoms with Gasteiger partial charge in [-0.1, -0.05) is 48.2 Å². The highest BCUT2D eigenvalue weighted by atomic mass is 32.2. The van der Waals surface area contributed by atoms with E-state index in [1.807, 2.05) is 54.8 Å². The average molecular weight is 400 g/mol. The summed E-state index contributed by atoms with van der Waals surface area (Å²) in [7, 11) is 0. The highest BCUT2D eigenvalue weighted by molar-refractivity contribution is 8.00. The molecular formula is C20H21N3O2S2. The van der Waals surface area contributed by atoms with Gasteiger partial charge in [-0.05, 0) is 31.2 Å².